The highest BCUT2D eigenvalue weighted by molar-refractivity contribution is 9.10. The van der Waals surface area contributed by atoms with Gasteiger partial charge in [-0.2, -0.15) is 0 Å². The number of carbonyl (C=O) groups is 2. The van der Waals surface area contributed by atoms with Crippen molar-refractivity contribution in [2.45, 2.75) is 27.7 Å². The second kappa shape index (κ2) is 10.9. The van der Waals surface area contributed by atoms with Crippen molar-refractivity contribution in [3.05, 3.63) is 81.2 Å². The number of thiocarbonyl (C=S) groups is 1. The highest BCUT2D eigenvalue weighted by Crippen LogP contribution is 2.32. The molecule has 4 rings (SSSR count). The molecule has 1 saturated heterocycles. The number of ether oxygens (including phenoxy) is 2. The van der Waals surface area contributed by atoms with Crippen LogP contribution in [0.5, 0.6) is 5.75 Å². The molecule has 0 N–H and O–H groups in total. The van der Waals surface area contributed by atoms with Crippen LogP contribution in [0, 0.1) is 20.8 Å². The van der Waals surface area contributed by atoms with Gasteiger partial charge in [0, 0.05) is 21.5 Å². The van der Waals surface area contributed by atoms with Gasteiger partial charge in [0.2, 0.25) is 0 Å². The van der Waals surface area contributed by atoms with Gasteiger partial charge < -0.3 is 18.9 Å². The molecule has 1 amide bonds. The maximum absolute atomic E-state index is 13.7. The Morgan fingerprint density at radius 3 is 2.35 bits per heavy atom. The number of rotatable bonds is 7. The predicted molar refractivity (Wildman–Crippen MR) is 152 cm³/mol. The second-order valence-electron chi connectivity index (χ2n) is 8.64. The molecule has 0 atom stereocenters. The smallest absolute Gasteiger partial charge is 0.325 e. The Kier molecular flexibility index (Phi) is 7.85. The molecule has 7 nitrogen and oxygen atoms in total. The van der Waals surface area contributed by atoms with E-state index in [1.807, 2.05) is 45.9 Å². The fourth-order valence-corrected chi connectivity index (χ4v) is 4.96. The standard InChI is InChI=1S/C28H28BrN3O4S/c1-6-36-23-10-7-21(8-11-23)32-27(34)25(30(28(32)37)16-26(33)35-5)15-20-14-18(3)31(19(20)4)22-9-12-24(29)17(2)13-22/h7-15H,6,16H2,1-5H3/b25-15-. The van der Waals surface area contributed by atoms with E-state index in [2.05, 4.69) is 26.6 Å². The summed E-state index contributed by atoms with van der Waals surface area (Å²) in [5, 5.41) is 0.211. The van der Waals surface area contributed by atoms with E-state index in [1.165, 1.54) is 16.9 Å². The first-order valence-electron chi connectivity index (χ1n) is 11.8. The van der Waals surface area contributed by atoms with Crippen LogP contribution in [0.2, 0.25) is 0 Å². The molecule has 1 fully saturated rings. The van der Waals surface area contributed by atoms with Crippen molar-refractivity contribution in [2.24, 2.45) is 0 Å². The normalized spacial score (nSPS) is 14.6. The van der Waals surface area contributed by atoms with E-state index in [0.717, 1.165) is 32.7 Å². The Morgan fingerprint density at radius 2 is 1.73 bits per heavy atom. The number of esters is 1. The molecule has 0 saturated carbocycles. The summed E-state index contributed by atoms with van der Waals surface area (Å²) < 4.78 is 13.6. The van der Waals surface area contributed by atoms with Gasteiger partial charge in [-0.1, -0.05) is 15.9 Å². The number of carbonyl (C=O) groups excluding carboxylic acids is 2. The highest BCUT2D eigenvalue weighted by atomic mass is 79.9. The van der Waals surface area contributed by atoms with E-state index in [1.54, 1.807) is 30.3 Å². The summed E-state index contributed by atoms with van der Waals surface area (Å²) in [4.78, 5) is 28.9. The van der Waals surface area contributed by atoms with Crippen molar-refractivity contribution < 1.29 is 19.1 Å². The van der Waals surface area contributed by atoms with Gasteiger partial charge in [-0.15, -0.1) is 0 Å². The summed E-state index contributed by atoms with van der Waals surface area (Å²) in [6.45, 7) is 8.34. The number of amides is 1. The monoisotopic (exact) mass is 581 g/mol. The Morgan fingerprint density at radius 1 is 1.05 bits per heavy atom. The summed E-state index contributed by atoms with van der Waals surface area (Å²) in [5.74, 6) is -0.116. The number of anilines is 1. The number of aromatic nitrogens is 1. The van der Waals surface area contributed by atoms with Gasteiger partial charge >= 0.3 is 5.97 Å². The van der Waals surface area contributed by atoms with Crippen LogP contribution < -0.4 is 9.64 Å². The largest absolute Gasteiger partial charge is 0.494 e. The summed E-state index contributed by atoms with van der Waals surface area (Å²) in [6, 6.07) is 15.3. The van der Waals surface area contributed by atoms with Crippen LogP contribution in [0.25, 0.3) is 11.8 Å². The summed E-state index contributed by atoms with van der Waals surface area (Å²) in [5.41, 5.74) is 5.87. The van der Waals surface area contributed by atoms with Crippen LogP contribution in [0.4, 0.5) is 5.69 Å². The third kappa shape index (κ3) is 5.19. The molecular weight excluding hydrogens is 554 g/mol. The molecule has 192 valence electrons. The van der Waals surface area contributed by atoms with E-state index in [0.29, 0.717) is 23.7 Å². The zero-order valence-electron chi connectivity index (χ0n) is 21.4. The first-order chi connectivity index (χ1) is 17.7. The van der Waals surface area contributed by atoms with Crippen LogP contribution in [-0.2, 0) is 14.3 Å². The minimum Gasteiger partial charge on any atom is -0.494 e. The van der Waals surface area contributed by atoms with E-state index in [4.69, 9.17) is 21.7 Å². The van der Waals surface area contributed by atoms with Crippen molar-refractivity contribution in [1.82, 2.24) is 9.47 Å². The van der Waals surface area contributed by atoms with Gasteiger partial charge in [-0.05, 0) is 106 Å². The minimum atomic E-state index is -0.495. The average molecular weight is 583 g/mol. The molecule has 1 aliphatic heterocycles. The van der Waals surface area contributed by atoms with Crippen molar-refractivity contribution in [2.75, 3.05) is 25.2 Å². The maximum Gasteiger partial charge on any atom is 0.325 e. The molecule has 0 radical (unpaired) electrons. The minimum absolute atomic E-state index is 0.176. The Labute approximate surface area is 230 Å². The molecule has 1 aromatic heterocycles. The SMILES string of the molecule is CCOc1ccc(N2C(=O)/C(=C/c3cc(C)n(-c4ccc(Br)c(C)c4)c3C)N(CC(=O)OC)C2=S)cc1. The lowest BCUT2D eigenvalue weighted by atomic mass is 10.2. The topological polar surface area (TPSA) is 64.0 Å². The first-order valence-corrected chi connectivity index (χ1v) is 13.0. The number of nitrogens with zero attached hydrogens (tertiary/aromatic N) is 3. The second-order valence-corrected chi connectivity index (χ2v) is 9.86. The van der Waals surface area contributed by atoms with Gasteiger partial charge in [0.1, 0.15) is 18.0 Å². The van der Waals surface area contributed by atoms with Gasteiger partial charge in [-0.3, -0.25) is 14.5 Å². The number of halogens is 1. The third-order valence-corrected chi connectivity index (χ3v) is 7.51. The Balaban J connectivity index is 1.77. The van der Waals surface area contributed by atoms with Crippen molar-refractivity contribution in [3.63, 3.8) is 0 Å². The zero-order valence-corrected chi connectivity index (χ0v) is 23.8. The van der Waals surface area contributed by atoms with Crippen molar-refractivity contribution >= 4 is 56.9 Å². The molecule has 0 spiro atoms. The molecule has 2 aromatic carbocycles. The van der Waals surface area contributed by atoms with Crippen LogP contribution in [-0.4, -0.2) is 46.7 Å². The predicted octanol–water partition coefficient (Wildman–Crippen LogP) is 5.71. The summed E-state index contributed by atoms with van der Waals surface area (Å²) in [7, 11) is 1.31. The molecule has 37 heavy (non-hydrogen) atoms. The van der Waals surface area contributed by atoms with Gasteiger partial charge in [0.25, 0.3) is 5.91 Å². The van der Waals surface area contributed by atoms with Gasteiger partial charge in [-0.25, -0.2) is 0 Å². The Bertz CT molecular complexity index is 1410. The lowest BCUT2D eigenvalue weighted by Crippen LogP contribution is -2.35. The van der Waals surface area contributed by atoms with E-state index >= 15 is 0 Å². The van der Waals surface area contributed by atoms with E-state index in [9.17, 15) is 9.59 Å². The molecule has 3 aromatic rings. The van der Waals surface area contributed by atoms with E-state index < -0.39 is 5.97 Å². The van der Waals surface area contributed by atoms with Crippen LogP contribution >= 0.6 is 28.1 Å². The van der Waals surface area contributed by atoms with Crippen LogP contribution in [0.3, 0.4) is 0 Å². The highest BCUT2D eigenvalue weighted by Gasteiger charge is 2.40. The molecule has 0 unspecified atom stereocenters. The zero-order chi connectivity index (χ0) is 26.9. The number of aryl methyl sites for hydroxylation is 2. The molecule has 2 heterocycles. The number of hydrogen-bond donors (Lipinski definition) is 0. The van der Waals surface area contributed by atoms with Crippen LogP contribution in [0.15, 0.2) is 58.7 Å². The maximum atomic E-state index is 13.7. The number of methoxy groups -OCH3 is 1. The summed E-state index contributed by atoms with van der Waals surface area (Å²) in [6.07, 6.45) is 1.79. The molecule has 0 aliphatic carbocycles. The lowest BCUT2D eigenvalue weighted by molar-refractivity contribution is -0.140. The number of hydrogen-bond acceptors (Lipinski definition) is 5. The first kappa shape index (κ1) is 26.6. The fourth-order valence-electron chi connectivity index (χ4n) is 4.36. The third-order valence-electron chi connectivity index (χ3n) is 6.22. The lowest BCUT2D eigenvalue weighted by Gasteiger charge is -2.19. The molecule has 0 bridgehead atoms. The van der Waals surface area contributed by atoms with E-state index in [-0.39, 0.29) is 17.6 Å². The van der Waals surface area contributed by atoms with Crippen LogP contribution in [0.1, 0.15) is 29.4 Å². The van der Waals surface area contributed by atoms with Crippen molar-refractivity contribution in [3.8, 4) is 11.4 Å². The summed E-state index contributed by atoms with van der Waals surface area (Å²) >= 11 is 9.23. The van der Waals surface area contributed by atoms with Crippen molar-refractivity contribution in [1.29, 1.82) is 0 Å². The Hall–Kier alpha value is -3.43. The van der Waals surface area contributed by atoms with Gasteiger partial charge in [0.15, 0.2) is 5.11 Å². The molecule has 1 aliphatic rings. The molecule has 9 heteroatoms. The van der Waals surface area contributed by atoms with Gasteiger partial charge in [0.05, 0.1) is 19.4 Å². The number of benzene rings is 2. The average Bonchev–Trinajstić information content (AvgIpc) is 3.28. The quantitative estimate of drug-likeness (QED) is 0.202. The fraction of sp³-hybridized carbons (Fsp3) is 0.250. The molecular formula is C28H28BrN3O4S.